The molecule has 3 aromatic carbocycles. The number of carbonyl (C=O) groups is 1. The minimum Gasteiger partial charge on any atom is -0.490 e. The van der Waals surface area contributed by atoms with Crippen LogP contribution in [-0.2, 0) is 0 Å². The first kappa shape index (κ1) is 18.5. The molecule has 1 N–H and O–H groups in total. The summed E-state index contributed by atoms with van der Waals surface area (Å²) in [5.41, 5.74) is 0.981. The molecule has 0 saturated carbocycles. The van der Waals surface area contributed by atoms with E-state index in [2.05, 4.69) is 11.9 Å². The van der Waals surface area contributed by atoms with Gasteiger partial charge < -0.3 is 14.8 Å². The number of para-hydroxylation sites is 1. The van der Waals surface area contributed by atoms with Gasteiger partial charge in [-0.05, 0) is 54.6 Å². The molecule has 3 rings (SSSR count). The molecule has 0 aliphatic carbocycles. The van der Waals surface area contributed by atoms with Crippen molar-refractivity contribution in [3.63, 3.8) is 0 Å². The van der Waals surface area contributed by atoms with E-state index in [-0.39, 0.29) is 5.91 Å². The summed E-state index contributed by atoms with van der Waals surface area (Å²) in [6.45, 7) is 4.01. The zero-order valence-electron chi connectivity index (χ0n) is 14.5. The smallest absolute Gasteiger partial charge is 0.255 e. The number of rotatable bonds is 7. The molecule has 0 bridgehead atoms. The third-order valence-corrected chi connectivity index (χ3v) is 3.88. The van der Waals surface area contributed by atoms with Crippen LogP contribution in [0.5, 0.6) is 17.2 Å². The number of ether oxygens (including phenoxy) is 2. The minimum absolute atomic E-state index is 0.273. The van der Waals surface area contributed by atoms with Crippen molar-refractivity contribution in [2.24, 2.45) is 0 Å². The summed E-state index contributed by atoms with van der Waals surface area (Å²) < 4.78 is 11.3. The molecule has 0 aliphatic rings. The Kier molecular flexibility index (Phi) is 6.13. The van der Waals surface area contributed by atoms with Crippen molar-refractivity contribution < 1.29 is 14.3 Å². The third-order valence-electron chi connectivity index (χ3n) is 3.65. The molecule has 0 unspecified atom stereocenters. The third kappa shape index (κ3) is 5.12. The van der Waals surface area contributed by atoms with Gasteiger partial charge in [0, 0.05) is 10.6 Å². The largest absolute Gasteiger partial charge is 0.490 e. The molecule has 0 saturated heterocycles. The number of hydrogen-bond donors (Lipinski definition) is 1. The summed E-state index contributed by atoms with van der Waals surface area (Å²) in [5, 5.41) is 3.34. The fourth-order valence-electron chi connectivity index (χ4n) is 2.36. The van der Waals surface area contributed by atoms with Gasteiger partial charge in [-0.2, -0.15) is 0 Å². The van der Waals surface area contributed by atoms with Gasteiger partial charge in [-0.3, -0.25) is 4.79 Å². The number of carbonyl (C=O) groups excluding carboxylic acids is 1. The fourth-order valence-corrected chi connectivity index (χ4v) is 2.53. The summed E-state index contributed by atoms with van der Waals surface area (Å²) in [7, 11) is 0. The van der Waals surface area contributed by atoms with Crippen molar-refractivity contribution in [1.82, 2.24) is 0 Å². The second-order valence-electron chi connectivity index (χ2n) is 5.63. The highest BCUT2D eigenvalue weighted by Gasteiger charge is 2.12. The Balaban J connectivity index is 1.77. The van der Waals surface area contributed by atoms with E-state index in [1.54, 1.807) is 48.5 Å². The quantitative estimate of drug-likeness (QED) is 0.516. The van der Waals surface area contributed by atoms with Crippen LogP contribution >= 0.6 is 11.6 Å². The van der Waals surface area contributed by atoms with Gasteiger partial charge in [-0.15, -0.1) is 0 Å². The Labute approximate surface area is 163 Å². The van der Waals surface area contributed by atoms with Gasteiger partial charge in [0.05, 0.1) is 5.69 Å². The number of amides is 1. The van der Waals surface area contributed by atoms with Gasteiger partial charge in [0.2, 0.25) is 0 Å². The normalized spacial score (nSPS) is 10.1. The van der Waals surface area contributed by atoms with Crippen LogP contribution in [0.2, 0.25) is 5.02 Å². The number of nitrogens with one attached hydrogen (secondary N) is 1. The standard InChI is InChI=1S/C22H18ClNO3/c1-2-14-26-18-11-8-16(9-12-18)22(25)24-20-15-17(23)10-13-21(20)27-19-6-4-3-5-7-19/h2-13,15H,1,14H2,(H,24,25). The molecule has 27 heavy (non-hydrogen) atoms. The molecular weight excluding hydrogens is 362 g/mol. The van der Waals surface area contributed by atoms with Crippen molar-refractivity contribution in [3.05, 3.63) is 96.0 Å². The first-order valence-electron chi connectivity index (χ1n) is 8.33. The number of halogens is 1. The maximum atomic E-state index is 12.6. The predicted molar refractivity (Wildman–Crippen MR) is 108 cm³/mol. The summed E-state index contributed by atoms with van der Waals surface area (Å²) >= 11 is 6.09. The lowest BCUT2D eigenvalue weighted by molar-refractivity contribution is 0.102. The Morgan fingerprint density at radius 2 is 1.74 bits per heavy atom. The zero-order valence-corrected chi connectivity index (χ0v) is 15.3. The molecule has 0 aliphatic heterocycles. The van der Waals surface area contributed by atoms with E-state index < -0.39 is 0 Å². The highest BCUT2D eigenvalue weighted by Crippen LogP contribution is 2.32. The summed E-state index contributed by atoms with van der Waals surface area (Å²) in [4.78, 5) is 12.6. The predicted octanol–water partition coefficient (Wildman–Crippen LogP) is 5.95. The molecule has 136 valence electrons. The Bertz CT molecular complexity index is 924. The van der Waals surface area contributed by atoms with Crippen LogP contribution in [0.1, 0.15) is 10.4 Å². The topological polar surface area (TPSA) is 47.6 Å². The second kappa shape index (κ2) is 8.92. The summed E-state index contributed by atoms with van der Waals surface area (Å²) in [5.74, 6) is 1.57. The van der Waals surface area contributed by atoms with Crippen LogP contribution in [0.4, 0.5) is 5.69 Å². The SMILES string of the molecule is C=CCOc1ccc(C(=O)Nc2cc(Cl)ccc2Oc2ccccc2)cc1. The molecule has 0 fully saturated rings. The highest BCUT2D eigenvalue weighted by atomic mass is 35.5. The number of anilines is 1. The van der Waals surface area contributed by atoms with Crippen molar-refractivity contribution in [2.75, 3.05) is 11.9 Å². The minimum atomic E-state index is -0.273. The average molecular weight is 380 g/mol. The number of benzene rings is 3. The van der Waals surface area contributed by atoms with Gasteiger partial charge >= 0.3 is 0 Å². The van der Waals surface area contributed by atoms with Crippen LogP contribution in [-0.4, -0.2) is 12.5 Å². The lowest BCUT2D eigenvalue weighted by Crippen LogP contribution is -2.12. The van der Waals surface area contributed by atoms with Crippen LogP contribution in [0.15, 0.2) is 85.5 Å². The van der Waals surface area contributed by atoms with E-state index in [0.29, 0.717) is 40.1 Å². The molecule has 0 atom stereocenters. The van der Waals surface area contributed by atoms with E-state index in [9.17, 15) is 4.79 Å². The molecule has 0 radical (unpaired) electrons. The zero-order chi connectivity index (χ0) is 19.1. The monoisotopic (exact) mass is 379 g/mol. The van der Waals surface area contributed by atoms with Gasteiger partial charge in [0.15, 0.2) is 5.75 Å². The maximum absolute atomic E-state index is 12.6. The van der Waals surface area contributed by atoms with Crippen molar-refractivity contribution in [1.29, 1.82) is 0 Å². The van der Waals surface area contributed by atoms with E-state index in [1.165, 1.54) is 0 Å². The van der Waals surface area contributed by atoms with E-state index in [0.717, 1.165) is 0 Å². The Hall–Kier alpha value is -3.24. The van der Waals surface area contributed by atoms with Gasteiger partial charge in [0.1, 0.15) is 18.1 Å². The van der Waals surface area contributed by atoms with Crippen molar-refractivity contribution >= 4 is 23.2 Å². The van der Waals surface area contributed by atoms with E-state index >= 15 is 0 Å². The van der Waals surface area contributed by atoms with Crippen LogP contribution in [0, 0.1) is 0 Å². The molecule has 0 heterocycles. The summed E-state index contributed by atoms with van der Waals surface area (Å²) in [6.07, 6.45) is 1.66. The molecule has 0 spiro atoms. The van der Waals surface area contributed by atoms with Crippen molar-refractivity contribution in [3.8, 4) is 17.2 Å². The molecule has 5 heteroatoms. The van der Waals surface area contributed by atoms with E-state index in [1.807, 2.05) is 30.3 Å². The average Bonchev–Trinajstić information content (AvgIpc) is 2.69. The lowest BCUT2D eigenvalue weighted by atomic mass is 10.2. The number of hydrogen-bond acceptors (Lipinski definition) is 3. The first-order valence-corrected chi connectivity index (χ1v) is 8.71. The fraction of sp³-hybridized carbons (Fsp3) is 0.0455. The van der Waals surface area contributed by atoms with Gasteiger partial charge in [-0.1, -0.05) is 42.5 Å². The van der Waals surface area contributed by atoms with Gasteiger partial charge in [-0.25, -0.2) is 0 Å². The Morgan fingerprint density at radius 3 is 2.44 bits per heavy atom. The highest BCUT2D eigenvalue weighted by molar-refractivity contribution is 6.31. The van der Waals surface area contributed by atoms with E-state index in [4.69, 9.17) is 21.1 Å². The first-order chi connectivity index (χ1) is 13.2. The lowest BCUT2D eigenvalue weighted by Gasteiger charge is -2.13. The Morgan fingerprint density at radius 1 is 1.00 bits per heavy atom. The molecule has 1 amide bonds. The molecule has 3 aromatic rings. The molecular formula is C22H18ClNO3. The summed E-state index contributed by atoms with van der Waals surface area (Å²) in [6, 6.07) is 21.3. The van der Waals surface area contributed by atoms with Crippen LogP contribution < -0.4 is 14.8 Å². The maximum Gasteiger partial charge on any atom is 0.255 e. The molecule has 4 nitrogen and oxygen atoms in total. The van der Waals surface area contributed by atoms with Gasteiger partial charge in [0.25, 0.3) is 5.91 Å². The molecule has 0 aromatic heterocycles. The van der Waals surface area contributed by atoms with Crippen LogP contribution in [0.25, 0.3) is 0 Å². The van der Waals surface area contributed by atoms with Crippen molar-refractivity contribution in [2.45, 2.75) is 0 Å². The second-order valence-corrected chi connectivity index (χ2v) is 6.07. The van der Waals surface area contributed by atoms with Crippen LogP contribution in [0.3, 0.4) is 0 Å².